The molecule has 0 unspecified atom stereocenters. The molecular formula is C12H14N4. The van der Waals surface area contributed by atoms with Crippen LogP contribution in [-0.4, -0.2) is 15.2 Å². The number of nitrogens with one attached hydrogen (secondary N) is 1. The first-order valence-electron chi connectivity index (χ1n) is 5.53. The summed E-state index contributed by atoms with van der Waals surface area (Å²) in [7, 11) is 0. The van der Waals surface area contributed by atoms with Gasteiger partial charge in [-0.05, 0) is 37.5 Å². The van der Waals surface area contributed by atoms with Crippen molar-refractivity contribution in [1.82, 2.24) is 15.2 Å². The van der Waals surface area contributed by atoms with E-state index in [4.69, 9.17) is 5.73 Å². The molecule has 0 bridgehead atoms. The zero-order valence-corrected chi connectivity index (χ0v) is 9.20. The van der Waals surface area contributed by atoms with Crippen molar-refractivity contribution >= 4 is 5.69 Å². The Morgan fingerprint density at radius 3 is 2.94 bits per heavy atom. The van der Waals surface area contributed by atoms with Crippen molar-refractivity contribution in [1.29, 1.82) is 0 Å². The van der Waals surface area contributed by atoms with Crippen LogP contribution in [0.25, 0.3) is 11.4 Å². The minimum atomic E-state index is 0.600. The largest absolute Gasteiger partial charge is 0.399 e. The smallest absolute Gasteiger partial charge is 0.181 e. The molecule has 1 aliphatic rings. The van der Waals surface area contributed by atoms with Crippen molar-refractivity contribution in [2.45, 2.75) is 25.7 Å². The van der Waals surface area contributed by atoms with Gasteiger partial charge in [0, 0.05) is 17.2 Å². The normalized spacial score (nSPS) is 15.3. The second kappa shape index (κ2) is 3.33. The third-order valence-electron chi connectivity index (χ3n) is 2.97. The standard InChI is InChI=1S/C12H14N4/c1-7-2-5-9(13)6-10(7)12-14-11(15-16-12)8-3-4-8/h2,5-6,8H,3-4,13H2,1H3,(H,14,15,16). The van der Waals surface area contributed by atoms with Crippen molar-refractivity contribution in [3.63, 3.8) is 0 Å². The van der Waals surface area contributed by atoms with Crippen LogP contribution in [0.4, 0.5) is 5.69 Å². The maximum Gasteiger partial charge on any atom is 0.181 e. The van der Waals surface area contributed by atoms with Crippen LogP contribution >= 0.6 is 0 Å². The second-order valence-corrected chi connectivity index (χ2v) is 4.39. The molecule has 1 heterocycles. The van der Waals surface area contributed by atoms with Crippen LogP contribution in [0.5, 0.6) is 0 Å². The number of nitrogens with two attached hydrogens (primary N) is 1. The summed E-state index contributed by atoms with van der Waals surface area (Å²) in [5.41, 5.74) is 8.69. The van der Waals surface area contributed by atoms with Crippen LogP contribution < -0.4 is 5.73 Å². The predicted octanol–water partition coefficient (Wildman–Crippen LogP) is 2.24. The van der Waals surface area contributed by atoms with Crippen molar-refractivity contribution < 1.29 is 0 Å². The number of aromatic nitrogens is 3. The lowest BCUT2D eigenvalue weighted by molar-refractivity contribution is 0.935. The predicted molar refractivity (Wildman–Crippen MR) is 62.9 cm³/mol. The van der Waals surface area contributed by atoms with Gasteiger partial charge < -0.3 is 5.73 Å². The van der Waals surface area contributed by atoms with Gasteiger partial charge in [-0.2, -0.15) is 5.10 Å². The molecule has 0 amide bonds. The summed E-state index contributed by atoms with van der Waals surface area (Å²) in [6.07, 6.45) is 2.45. The summed E-state index contributed by atoms with van der Waals surface area (Å²) in [5.74, 6) is 2.37. The Morgan fingerprint density at radius 2 is 2.19 bits per heavy atom. The molecule has 16 heavy (non-hydrogen) atoms. The highest BCUT2D eigenvalue weighted by Crippen LogP contribution is 2.38. The Labute approximate surface area is 93.9 Å². The second-order valence-electron chi connectivity index (χ2n) is 4.39. The summed E-state index contributed by atoms with van der Waals surface area (Å²) in [6.45, 7) is 2.04. The number of anilines is 1. The van der Waals surface area contributed by atoms with E-state index < -0.39 is 0 Å². The SMILES string of the molecule is Cc1ccc(N)cc1-c1n[nH]c(C2CC2)n1. The first-order valence-corrected chi connectivity index (χ1v) is 5.53. The van der Waals surface area contributed by atoms with Crippen LogP contribution in [0, 0.1) is 6.92 Å². The maximum absolute atomic E-state index is 5.78. The Bertz CT molecular complexity index is 526. The Balaban J connectivity index is 2.03. The van der Waals surface area contributed by atoms with Crippen LogP contribution in [0.2, 0.25) is 0 Å². The maximum atomic E-state index is 5.78. The number of aryl methyl sites for hydroxylation is 1. The van der Waals surface area contributed by atoms with Gasteiger partial charge in [0.1, 0.15) is 5.82 Å². The third-order valence-corrected chi connectivity index (χ3v) is 2.97. The van der Waals surface area contributed by atoms with Crippen molar-refractivity contribution in [2.24, 2.45) is 0 Å². The number of H-pyrrole nitrogens is 1. The van der Waals surface area contributed by atoms with E-state index in [1.54, 1.807) is 0 Å². The average molecular weight is 214 g/mol. The van der Waals surface area contributed by atoms with Gasteiger partial charge in [0.05, 0.1) is 0 Å². The number of hydrogen-bond donors (Lipinski definition) is 2. The summed E-state index contributed by atoms with van der Waals surface area (Å²) < 4.78 is 0. The number of hydrogen-bond acceptors (Lipinski definition) is 3. The molecule has 0 spiro atoms. The highest BCUT2D eigenvalue weighted by atomic mass is 15.2. The molecule has 2 aromatic rings. The molecule has 0 radical (unpaired) electrons. The summed E-state index contributed by atoms with van der Waals surface area (Å²) in [4.78, 5) is 4.52. The highest BCUT2D eigenvalue weighted by Gasteiger charge is 2.27. The molecule has 4 nitrogen and oxygen atoms in total. The van der Waals surface area contributed by atoms with E-state index in [1.807, 2.05) is 25.1 Å². The molecule has 1 aromatic heterocycles. The first-order chi connectivity index (χ1) is 7.74. The molecule has 1 aliphatic carbocycles. The van der Waals surface area contributed by atoms with Gasteiger partial charge in [0.15, 0.2) is 5.82 Å². The average Bonchev–Trinajstić information content (AvgIpc) is 3.01. The summed E-state index contributed by atoms with van der Waals surface area (Å²) in [6, 6.07) is 5.82. The number of benzene rings is 1. The zero-order valence-electron chi connectivity index (χ0n) is 9.20. The van der Waals surface area contributed by atoms with Crippen LogP contribution in [0.1, 0.15) is 30.1 Å². The van der Waals surface area contributed by atoms with E-state index in [9.17, 15) is 0 Å². The Kier molecular flexibility index (Phi) is 1.96. The van der Waals surface area contributed by atoms with Gasteiger partial charge in [-0.1, -0.05) is 6.07 Å². The Morgan fingerprint density at radius 1 is 1.38 bits per heavy atom. The summed E-state index contributed by atoms with van der Waals surface area (Å²) in [5, 5.41) is 7.27. The lowest BCUT2D eigenvalue weighted by Crippen LogP contribution is -1.90. The lowest BCUT2D eigenvalue weighted by Gasteiger charge is -2.02. The molecule has 3 N–H and O–H groups in total. The van der Waals surface area contributed by atoms with Gasteiger partial charge in [-0.15, -0.1) is 0 Å². The quantitative estimate of drug-likeness (QED) is 0.753. The van der Waals surface area contributed by atoms with Gasteiger partial charge in [0.25, 0.3) is 0 Å². The fourth-order valence-electron chi connectivity index (χ4n) is 1.81. The van der Waals surface area contributed by atoms with Crippen molar-refractivity contribution in [3.8, 4) is 11.4 Å². The molecule has 82 valence electrons. The fraction of sp³-hybridized carbons (Fsp3) is 0.333. The number of nitrogens with zero attached hydrogens (tertiary/aromatic N) is 2. The van der Waals surface area contributed by atoms with Gasteiger partial charge in [-0.25, -0.2) is 4.98 Å². The fourth-order valence-corrected chi connectivity index (χ4v) is 1.81. The minimum Gasteiger partial charge on any atom is -0.399 e. The van der Waals surface area contributed by atoms with E-state index in [-0.39, 0.29) is 0 Å². The molecule has 1 fully saturated rings. The van der Waals surface area contributed by atoms with Gasteiger partial charge in [-0.3, -0.25) is 5.10 Å². The monoisotopic (exact) mass is 214 g/mol. The van der Waals surface area contributed by atoms with E-state index in [0.29, 0.717) is 5.92 Å². The van der Waals surface area contributed by atoms with E-state index >= 15 is 0 Å². The van der Waals surface area contributed by atoms with E-state index in [2.05, 4.69) is 15.2 Å². The minimum absolute atomic E-state index is 0.600. The van der Waals surface area contributed by atoms with Crippen molar-refractivity contribution in [3.05, 3.63) is 29.6 Å². The number of nitrogen functional groups attached to an aromatic ring is 1. The molecule has 3 rings (SSSR count). The number of rotatable bonds is 2. The first kappa shape index (κ1) is 9.39. The lowest BCUT2D eigenvalue weighted by atomic mass is 10.1. The Hall–Kier alpha value is -1.84. The molecule has 0 aliphatic heterocycles. The molecule has 0 atom stereocenters. The molecule has 4 heteroatoms. The van der Waals surface area contributed by atoms with Gasteiger partial charge in [0.2, 0.25) is 0 Å². The number of aromatic amines is 1. The van der Waals surface area contributed by atoms with Crippen LogP contribution in [0.3, 0.4) is 0 Å². The molecule has 1 aromatic carbocycles. The topological polar surface area (TPSA) is 67.6 Å². The van der Waals surface area contributed by atoms with Crippen molar-refractivity contribution in [2.75, 3.05) is 5.73 Å². The van der Waals surface area contributed by atoms with E-state index in [1.165, 1.54) is 12.8 Å². The highest BCUT2D eigenvalue weighted by molar-refractivity contribution is 5.65. The van der Waals surface area contributed by atoms with Gasteiger partial charge >= 0.3 is 0 Å². The molecule has 1 saturated carbocycles. The third kappa shape index (κ3) is 1.56. The van der Waals surface area contributed by atoms with Crippen LogP contribution in [0.15, 0.2) is 18.2 Å². The van der Waals surface area contributed by atoms with E-state index in [0.717, 1.165) is 28.5 Å². The molecule has 0 saturated heterocycles. The zero-order chi connectivity index (χ0) is 11.1. The van der Waals surface area contributed by atoms with Crippen LogP contribution in [-0.2, 0) is 0 Å². The summed E-state index contributed by atoms with van der Waals surface area (Å²) >= 11 is 0. The molecular weight excluding hydrogens is 200 g/mol.